The van der Waals surface area contributed by atoms with Crippen molar-refractivity contribution in [3.05, 3.63) is 235 Å². The number of nitrogens with zero attached hydrogens (tertiary/aromatic N) is 1. The standard InChI is InChI=1S/C55H35NS/c1-3-15-36(16-4-1)37-27-29-39(30-28-37)56(51-34-33-46-45-22-10-14-26-52(45)57-54(46)53(51)38-17-5-2-6-18-38)40-31-32-44-43-21-9-13-25-49(43)55(50(44)35-40)47-23-11-7-19-41(47)42-20-8-12-24-48(42)55/h1-35H. The molecule has 2 aliphatic carbocycles. The fourth-order valence-corrected chi connectivity index (χ4v) is 11.2. The van der Waals surface area contributed by atoms with E-state index in [0.29, 0.717) is 0 Å². The van der Waals surface area contributed by atoms with E-state index in [1.165, 1.54) is 86.9 Å². The van der Waals surface area contributed by atoms with E-state index >= 15 is 0 Å². The number of thiophene rings is 1. The highest BCUT2D eigenvalue weighted by Gasteiger charge is 2.51. The molecule has 0 saturated carbocycles. The van der Waals surface area contributed by atoms with Crippen LogP contribution in [0.1, 0.15) is 22.3 Å². The van der Waals surface area contributed by atoms with Crippen molar-refractivity contribution < 1.29 is 0 Å². The third-order valence-corrected chi connectivity index (χ3v) is 13.5. The maximum absolute atomic E-state index is 2.50. The molecule has 10 aromatic rings. The first-order chi connectivity index (χ1) is 28.3. The Labute approximate surface area is 336 Å². The van der Waals surface area contributed by atoms with Crippen LogP contribution in [-0.4, -0.2) is 0 Å². The van der Waals surface area contributed by atoms with Crippen LogP contribution in [0.4, 0.5) is 17.1 Å². The van der Waals surface area contributed by atoms with Crippen LogP contribution in [0.25, 0.3) is 64.7 Å². The molecule has 1 nitrogen and oxygen atoms in total. The maximum Gasteiger partial charge on any atom is 0.0726 e. The van der Waals surface area contributed by atoms with Gasteiger partial charge in [0, 0.05) is 37.1 Å². The lowest BCUT2D eigenvalue weighted by atomic mass is 9.70. The summed E-state index contributed by atoms with van der Waals surface area (Å²) in [6.45, 7) is 0. The Morgan fingerprint density at radius 3 is 1.51 bits per heavy atom. The van der Waals surface area contributed by atoms with Gasteiger partial charge in [-0.15, -0.1) is 11.3 Å². The number of benzene rings is 9. The molecule has 0 amide bonds. The first-order valence-corrected chi connectivity index (χ1v) is 20.5. The monoisotopic (exact) mass is 741 g/mol. The van der Waals surface area contributed by atoms with E-state index in [1.54, 1.807) is 0 Å². The third kappa shape index (κ3) is 4.62. The van der Waals surface area contributed by atoms with E-state index in [0.717, 1.165) is 17.1 Å². The Hall–Kier alpha value is -7.00. The van der Waals surface area contributed by atoms with Crippen LogP contribution >= 0.6 is 11.3 Å². The second-order valence-corrected chi connectivity index (χ2v) is 16.2. The van der Waals surface area contributed by atoms with Gasteiger partial charge in [0.2, 0.25) is 0 Å². The van der Waals surface area contributed by atoms with Crippen molar-refractivity contribution in [2.24, 2.45) is 0 Å². The minimum atomic E-state index is -0.435. The summed E-state index contributed by atoms with van der Waals surface area (Å²) in [5, 5.41) is 2.59. The molecule has 0 N–H and O–H groups in total. The Balaban J connectivity index is 1.16. The van der Waals surface area contributed by atoms with Crippen molar-refractivity contribution in [3.8, 4) is 44.5 Å². The molecule has 57 heavy (non-hydrogen) atoms. The average molecular weight is 742 g/mol. The zero-order valence-corrected chi connectivity index (χ0v) is 31.9. The number of anilines is 3. The molecule has 2 aliphatic rings. The molecule has 1 spiro atoms. The van der Waals surface area contributed by atoms with Crippen molar-refractivity contribution in [1.29, 1.82) is 0 Å². The highest BCUT2D eigenvalue weighted by molar-refractivity contribution is 7.26. The van der Waals surface area contributed by atoms with Gasteiger partial charge in [-0.2, -0.15) is 0 Å². The molecule has 9 aromatic carbocycles. The van der Waals surface area contributed by atoms with Crippen LogP contribution in [-0.2, 0) is 5.41 Å². The topological polar surface area (TPSA) is 3.24 Å². The molecule has 1 aromatic heterocycles. The molecule has 0 saturated heterocycles. The Kier molecular flexibility index (Phi) is 7.08. The minimum absolute atomic E-state index is 0.435. The molecule has 0 fully saturated rings. The summed E-state index contributed by atoms with van der Waals surface area (Å²) in [4.78, 5) is 2.50. The highest BCUT2D eigenvalue weighted by Crippen LogP contribution is 2.63. The van der Waals surface area contributed by atoms with Gasteiger partial charge >= 0.3 is 0 Å². The fourth-order valence-electron chi connectivity index (χ4n) is 9.93. The van der Waals surface area contributed by atoms with Crippen LogP contribution in [0.5, 0.6) is 0 Å². The fraction of sp³-hybridized carbons (Fsp3) is 0.0182. The Morgan fingerprint density at radius 2 is 0.860 bits per heavy atom. The third-order valence-electron chi connectivity index (χ3n) is 12.3. The number of rotatable bonds is 5. The van der Waals surface area contributed by atoms with Crippen molar-refractivity contribution in [1.82, 2.24) is 0 Å². The molecular weight excluding hydrogens is 707 g/mol. The van der Waals surface area contributed by atoms with E-state index < -0.39 is 5.41 Å². The summed E-state index contributed by atoms with van der Waals surface area (Å²) in [6, 6.07) is 78.7. The Morgan fingerprint density at radius 1 is 0.351 bits per heavy atom. The smallest absolute Gasteiger partial charge is 0.0726 e. The van der Waals surface area contributed by atoms with Crippen LogP contribution in [0.2, 0.25) is 0 Å². The molecule has 0 aliphatic heterocycles. The lowest BCUT2D eigenvalue weighted by Crippen LogP contribution is -2.26. The second-order valence-electron chi connectivity index (χ2n) is 15.2. The van der Waals surface area contributed by atoms with Gasteiger partial charge in [0.15, 0.2) is 0 Å². The molecule has 0 atom stereocenters. The molecule has 2 heteroatoms. The highest BCUT2D eigenvalue weighted by atomic mass is 32.1. The van der Waals surface area contributed by atoms with Crippen molar-refractivity contribution in [2.75, 3.05) is 4.90 Å². The molecule has 266 valence electrons. The second kappa shape index (κ2) is 12.5. The molecule has 0 radical (unpaired) electrons. The summed E-state index contributed by atoms with van der Waals surface area (Å²) in [5.74, 6) is 0. The quantitative estimate of drug-likeness (QED) is 0.170. The number of fused-ring (bicyclic) bond motifs is 13. The van der Waals surface area contributed by atoms with E-state index in [9.17, 15) is 0 Å². The van der Waals surface area contributed by atoms with Crippen molar-refractivity contribution in [2.45, 2.75) is 5.41 Å². The van der Waals surface area contributed by atoms with E-state index in [2.05, 4.69) is 217 Å². The van der Waals surface area contributed by atoms with Crippen molar-refractivity contribution in [3.63, 3.8) is 0 Å². The van der Waals surface area contributed by atoms with Crippen LogP contribution < -0.4 is 4.90 Å². The number of hydrogen-bond acceptors (Lipinski definition) is 2. The summed E-state index contributed by atoms with van der Waals surface area (Å²) in [5.41, 5.74) is 18.4. The predicted octanol–water partition coefficient (Wildman–Crippen LogP) is 15.2. The minimum Gasteiger partial charge on any atom is -0.310 e. The largest absolute Gasteiger partial charge is 0.310 e. The summed E-state index contributed by atoms with van der Waals surface area (Å²) in [7, 11) is 0. The average Bonchev–Trinajstić information content (AvgIpc) is 3.91. The van der Waals surface area contributed by atoms with Gasteiger partial charge in [0.25, 0.3) is 0 Å². The van der Waals surface area contributed by atoms with Gasteiger partial charge in [-0.1, -0.05) is 176 Å². The lowest BCUT2D eigenvalue weighted by molar-refractivity contribution is 0.793. The Bertz CT molecular complexity index is 3110. The summed E-state index contributed by atoms with van der Waals surface area (Å²) >= 11 is 1.89. The van der Waals surface area contributed by atoms with Gasteiger partial charge in [0.1, 0.15) is 0 Å². The van der Waals surface area contributed by atoms with Crippen LogP contribution in [0.3, 0.4) is 0 Å². The van der Waals surface area contributed by atoms with Crippen LogP contribution in [0, 0.1) is 0 Å². The van der Waals surface area contributed by atoms with Gasteiger partial charge < -0.3 is 4.90 Å². The number of hydrogen-bond donors (Lipinski definition) is 0. The van der Waals surface area contributed by atoms with Gasteiger partial charge in [0.05, 0.1) is 11.1 Å². The zero-order valence-electron chi connectivity index (χ0n) is 31.1. The predicted molar refractivity (Wildman–Crippen MR) is 241 cm³/mol. The van der Waals surface area contributed by atoms with Crippen LogP contribution in [0.15, 0.2) is 212 Å². The molecule has 0 unspecified atom stereocenters. The first-order valence-electron chi connectivity index (χ1n) is 19.7. The normalized spacial score (nSPS) is 13.1. The summed E-state index contributed by atoms with van der Waals surface area (Å²) in [6.07, 6.45) is 0. The maximum atomic E-state index is 2.50. The first kappa shape index (κ1) is 32.3. The van der Waals surface area contributed by atoms with Crippen molar-refractivity contribution >= 4 is 48.6 Å². The lowest BCUT2D eigenvalue weighted by Gasteiger charge is -2.33. The molecule has 12 rings (SSSR count). The van der Waals surface area contributed by atoms with E-state index in [4.69, 9.17) is 0 Å². The van der Waals surface area contributed by atoms with E-state index in [-0.39, 0.29) is 0 Å². The van der Waals surface area contributed by atoms with Gasteiger partial charge in [-0.3, -0.25) is 0 Å². The SMILES string of the molecule is c1ccc(-c2ccc(N(c3ccc4c(c3)C3(c5ccccc5-c5ccccc53)c3ccccc3-4)c3ccc4c(sc5ccccc54)c3-c3ccccc3)cc2)cc1. The van der Waals surface area contributed by atoms with Gasteiger partial charge in [-0.05, 0) is 97.6 Å². The zero-order chi connectivity index (χ0) is 37.5. The molecular formula is C55H35NS. The van der Waals surface area contributed by atoms with E-state index in [1.807, 2.05) is 11.3 Å². The molecule has 1 heterocycles. The summed E-state index contributed by atoms with van der Waals surface area (Å²) < 4.78 is 2.60. The van der Waals surface area contributed by atoms with Gasteiger partial charge in [-0.25, -0.2) is 0 Å². The molecule has 0 bridgehead atoms.